The molecule has 0 spiro atoms. The minimum atomic E-state index is -1.04. The van der Waals surface area contributed by atoms with E-state index >= 15 is 0 Å². The molecular formula is C27H42N2O4S. The molecule has 7 heteroatoms. The van der Waals surface area contributed by atoms with Gasteiger partial charge in [0.1, 0.15) is 5.78 Å². The predicted octanol–water partition coefficient (Wildman–Crippen LogP) is 5.08. The van der Waals surface area contributed by atoms with Gasteiger partial charge in [-0.25, -0.2) is 4.98 Å². The van der Waals surface area contributed by atoms with Gasteiger partial charge in [0, 0.05) is 17.7 Å². The van der Waals surface area contributed by atoms with Crippen LogP contribution >= 0.6 is 11.3 Å². The Bertz CT molecular complexity index is 923. The molecule has 6 nitrogen and oxygen atoms in total. The summed E-state index contributed by atoms with van der Waals surface area (Å²) >= 11 is 1.60. The highest BCUT2D eigenvalue weighted by molar-refractivity contribution is 7.09. The first-order chi connectivity index (χ1) is 15.8. The van der Waals surface area contributed by atoms with Crippen LogP contribution in [-0.2, 0) is 14.3 Å². The Balaban J connectivity index is 1.83. The third-order valence-electron chi connectivity index (χ3n) is 7.80. The van der Waals surface area contributed by atoms with Crippen molar-refractivity contribution in [3.05, 3.63) is 21.7 Å². The third kappa shape index (κ3) is 6.55. The number of epoxide rings is 1. The lowest BCUT2D eigenvalue weighted by Gasteiger charge is -2.32. The lowest BCUT2D eigenvalue weighted by Crippen LogP contribution is -2.45. The van der Waals surface area contributed by atoms with Gasteiger partial charge in [0.2, 0.25) is 5.91 Å². The molecule has 2 fully saturated rings. The molecule has 1 aromatic rings. The summed E-state index contributed by atoms with van der Waals surface area (Å²) in [6, 6.07) is -0.224. The Labute approximate surface area is 208 Å². The first kappa shape index (κ1) is 27.0. The summed E-state index contributed by atoms with van der Waals surface area (Å²) in [5.74, 6) is 0.0332. The van der Waals surface area contributed by atoms with E-state index < -0.39 is 11.5 Å². The van der Waals surface area contributed by atoms with E-state index in [2.05, 4.69) is 24.1 Å². The molecule has 2 N–H and O–H groups in total. The number of fused-ring (bicyclic) bond motifs is 1. The number of ether oxygens (including phenoxy) is 1. The molecule has 3 heterocycles. The van der Waals surface area contributed by atoms with Gasteiger partial charge in [-0.05, 0) is 51.2 Å². The van der Waals surface area contributed by atoms with Gasteiger partial charge in [-0.2, -0.15) is 0 Å². The molecule has 2 saturated heterocycles. The van der Waals surface area contributed by atoms with Crippen molar-refractivity contribution < 1.29 is 19.4 Å². The number of aliphatic hydroxyl groups excluding tert-OH is 1. The molecular weight excluding hydrogens is 448 g/mol. The minimum absolute atomic E-state index is 0.0239. The van der Waals surface area contributed by atoms with E-state index in [1.165, 1.54) is 0 Å². The van der Waals surface area contributed by atoms with Gasteiger partial charge in [-0.1, -0.05) is 40.5 Å². The maximum absolute atomic E-state index is 13.2. The van der Waals surface area contributed by atoms with Gasteiger partial charge >= 0.3 is 0 Å². The molecule has 0 radical (unpaired) electrons. The lowest BCUT2D eigenvalue weighted by atomic mass is 9.74. The second-order valence-corrected chi connectivity index (χ2v) is 12.5. The van der Waals surface area contributed by atoms with E-state index in [-0.39, 0.29) is 41.8 Å². The zero-order valence-electron chi connectivity index (χ0n) is 21.8. The summed E-state index contributed by atoms with van der Waals surface area (Å²) in [6.07, 6.45) is 5.50. The predicted molar refractivity (Wildman–Crippen MR) is 137 cm³/mol. The Morgan fingerprint density at radius 2 is 1.97 bits per heavy atom. The number of ketones is 1. The van der Waals surface area contributed by atoms with Gasteiger partial charge in [-0.15, -0.1) is 11.3 Å². The molecule has 1 amide bonds. The molecule has 0 aliphatic carbocycles. The number of Topliss-reactive ketones (excluding diaryl/α,β-unsaturated/α-hetero) is 1. The number of nitrogens with one attached hydrogen (secondary N) is 1. The highest BCUT2D eigenvalue weighted by atomic mass is 32.1. The van der Waals surface area contributed by atoms with E-state index in [9.17, 15) is 14.7 Å². The van der Waals surface area contributed by atoms with Crippen LogP contribution in [0.25, 0.3) is 6.08 Å². The largest absolute Gasteiger partial charge is 0.392 e. The SMILES string of the molecule is CC(=Cc1csc(C)n1)C1CC2OC2(C)CCCC(C)CC(C)C(=O)C(C)(C)C(O)CC(=O)N1. The second-order valence-electron chi connectivity index (χ2n) is 11.4. The summed E-state index contributed by atoms with van der Waals surface area (Å²) < 4.78 is 6.13. The van der Waals surface area contributed by atoms with Crippen molar-refractivity contribution in [1.29, 1.82) is 0 Å². The minimum Gasteiger partial charge on any atom is -0.392 e. The fraction of sp³-hybridized carbons (Fsp3) is 0.741. The van der Waals surface area contributed by atoms with E-state index in [0.717, 1.165) is 42.0 Å². The number of hydrogen-bond acceptors (Lipinski definition) is 6. The van der Waals surface area contributed by atoms with Crippen LogP contribution in [-0.4, -0.2) is 45.6 Å². The Morgan fingerprint density at radius 3 is 2.62 bits per heavy atom. The molecule has 34 heavy (non-hydrogen) atoms. The quantitative estimate of drug-likeness (QED) is 0.564. The molecule has 190 valence electrons. The average Bonchev–Trinajstić information content (AvgIpc) is 3.18. The molecule has 1 aromatic heterocycles. The van der Waals surface area contributed by atoms with E-state index in [1.54, 1.807) is 25.2 Å². The number of carbonyl (C=O) groups is 2. The van der Waals surface area contributed by atoms with Crippen LogP contribution in [0.1, 0.15) is 90.8 Å². The summed E-state index contributed by atoms with van der Waals surface area (Å²) in [5.41, 5.74) is 0.741. The van der Waals surface area contributed by atoms with Crippen LogP contribution in [0, 0.1) is 24.2 Å². The van der Waals surface area contributed by atoms with E-state index in [4.69, 9.17) is 4.74 Å². The molecule has 0 aromatic carbocycles. The van der Waals surface area contributed by atoms with Crippen molar-refractivity contribution in [2.24, 2.45) is 17.3 Å². The summed E-state index contributed by atoms with van der Waals surface area (Å²) in [4.78, 5) is 30.7. The van der Waals surface area contributed by atoms with Crippen LogP contribution in [0.3, 0.4) is 0 Å². The number of hydrogen-bond donors (Lipinski definition) is 2. The Morgan fingerprint density at radius 1 is 1.26 bits per heavy atom. The van der Waals surface area contributed by atoms with Crippen LogP contribution in [0.2, 0.25) is 0 Å². The highest BCUT2D eigenvalue weighted by Gasteiger charge is 2.52. The molecule has 2 aliphatic heterocycles. The standard InChI is InChI=1S/C27H42N2O4S/c1-16-9-8-10-27(7)23(33-27)13-21(17(2)12-20-15-34-19(4)28-20)29-24(31)14-22(30)26(5,6)25(32)18(3)11-16/h12,15-16,18,21-23,30H,8-11,13-14H2,1-7H3,(H,29,31). The molecule has 0 saturated carbocycles. The summed E-state index contributed by atoms with van der Waals surface area (Å²) in [6.45, 7) is 13.8. The number of nitrogens with zero attached hydrogens (tertiary/aromatic N) is 1. The van der Waals surface area contributed by atoms with Crippen molar-refractivity contribution in [3.8, 4) is 0 Å². The fourth-order valence-electron chi connectivity index (χ4n) is 5.27. The highest BCUT2D eigenvalue weighted by Crippen LogP contribution is 2.44. The zero-order chi connectivity index (χ0) is 25.3. The van der Waals surface area contributed by atoms with Crippen LogP contribution < -0.4 is 5.32 Å². The number of thiazole rings is 1. The van der Waals surface area contributed by atoms with Gasteiger partial charge in [0.05, 0.1) is 46.4 Å². The topological polar surface area (TPSA) is 91.8 Å². The van der Waals surface area contributed by atoms with Gasteiger partial charge in [-0.3, -0.25) is 9.59 Å². The normalized spacial score (nSPS) is 36.0. The van der Waals surface area contributed by atoms with Crippen LogP contribution in [0.4, 0.5) is 0 Å². The van der Waals surface area contributed by atoms with Crippen molar-refractivity contribution in [2.75, 3.05) is 0 Å². The van der Waals surface area contributed by atoms with Crippen molar-refractivity contribution in [2.45, 2.75) is 111 Å². The number of aryl methyl sites for hydroxylation is 1. The maximum Gasteiger partial charge on any atom is 0.223 e. The second kappa shape index (κ2) is 10.6. The Kier molecular flexibility index (Phi) is 8.42. The van der Waals surface area contributed by atoms with Crippen molar-refractivity contribution in [3.63, 3.8) is 0 Å². The van der Waals surface area contributed by atoms with E-state index in [0.29, 0.717) is 12.3 Å². The number of carbonyl (C=O) groups excluding carboxylic acids is 2. The van der Waals surface area contributed by atoms with Crippen LogP contribution in [0.15, 0.2) is 11.0 Å². The number of amides is 1. The fourth-order valence-corrected chi connectivity index (χ4v) is 5.84. The van der Waals surface area contributed by atoms with Crippen molar-refractivity contribution in [1.82, 2.24) is 10.3 Å². The first-order valence-corrected chi connectivity index (χ1v) is 13.5. The molecule has 6 unspecified atom stereocenters. The molecule has 2 aliphatic rings. The molecule has 0 bridgehead atoms. The van der Waals surface area contributed by atoms with Crippen molar-refractivity contribution >= 4 is 29.1 Å². The van der Waals surface area contributed by atoms with Crippen LogP contribution in [0.5, 0.6) is 0 Å². The first-order valence-electron chi connectivity index (χ1n) is 12.6. The number of aliphatic hydroxyl groups is 1. The number of aromatic nitrogens is 1. The van der Waals surface area contributed by atoms with Gasteiger partial charge in [0.25, 0.3) is 0 Å². The number of rotatable bonds is 2. The molecule has 3 rings (SSSR count). The smallest absolute Gasteiger partial charge is 0.223 e. The monoisotopic (exact) mass is 490 g/mol. The Hall–Kier alpha value is -1.57. The average molecular weight is 491 g/mol. The molecule has 6 atom stereocenters. The zero-order valence-corrected chi connectivity index (χ0v) is 22.6. The summed E-state index contributed by atoms with van der Waals surface area (Å²) in [5, 5.41) is 17.0. The lowest BCUT2D eigenvalue weighted by molar-refractivity contribution is -0.139. The van der Waals surface area contributed by atoms with E-state index in [1.807, 2.05) is 32.2 Å². The van der Waals surface area contributed by atoms with Gasteiger partial charge in [0.15, 0.2) is 0 Å². The third-order valence-corrected chi connectivity index (χ3v) is 8.59. The van der Waals surface area contributed by atoms with Gasteiger partial charge < -0.3 is 15.2 Å². The summed E-state index contributed by atoms with van der Waals surface area (Å²) in [7, 11) is 0. The maximum atomic E-state index is 13.2.